The number of nitrogens with one attached hydrogen (secondary N) is 1. The summed E-state index contributed by atoms with van der Waals surface area (Å²) in [4.78, 5) is 34.3. The molecule has 33 heavy (non-hydrogen) atoms. The van der Waals surface area contributed by atoms with Crippen molar-refractivity contribution in [3.05, 3.63) is 101 Å². The largest absolute Gasteiger partial charge is 0.364 e. The Morgan fingerprint density at radius 3 is 2.55 bits per heavy atom. The van der Waals surface area contributed by atoms with Crippen molar-refractivity contribution in [2.24, 2.45) is 5.73 Å². The lowest BCUT2D eigenvalue weighted by molar-refractivity contribution is 0.0949. The zero-order valence-corrected chi connectivity index (χ0v) is 18.3. The number of rotatable bonds is 6. The molecule has 1 aromatic carbocycles. The molecular formula is C25H19N5O2S. The molecule has 5 aromatic rings. The number of nitrogens with zero attached hydrogens (tertiary/aromatic N) is 3. The molecule has 0 saturated heterocycles. The van der Waals surface area contributed by atoms with E-state index in [0.29, 0.717) is 23.4 Å². The first-order chi connectivity index (χ1) is 16.1. The molecule has 0 bridgehead atoms. The van der Waals surface area contributed by atoms with Gasteiger partial charge in [0.15, 0.2) is 5.65 Å². The van der Waals surface area contributed by atoms with Crippen LogP contribution in [0.5, 0.6) is 0 Å². The summed E-state index contributed by atoms with van der Waals surface area (Å²) in [6, 6.07) is 19.0. The maximum Gasteiger partial charge on any atom is 0.268 e. The fourth-order valence-corrected chi connectivity index (χ4v) is 4.31. The van der Waals surface area contributed by atoms with Gasteiger partial charge in [-0.15, -0.1) is 0 Å². The average molecular weight is 454 g/mol. The third-order valence-corrected chi connectivity index (χ3v) is 5.95. The zero-order chi connectivity index (χ0) is 22.8. The van der Waals surface area contributed by atoms with E-state index in [1.54, 1.807) is 28.9 Å². The molecule has 3 N–H and O–H groups in total. The van der Waals surface area contributed by atoms with Crippen molar-refractivity contribution in [3.63, 3.8) is 0 Å². The number of aromatic nitrogens is 3. The van der Waals surface area contributed by atoms with Crippen LogP contribution in [0, 0.1) is 0 Å². The lowest BCUT2D eigenvalue weighted by Crippen LogP contribution is -2.23. The number of nitrogens with two attached hydrogens (primary N) is 1. The summed E-state index contributed by atoms with van der Waals surface area (Å²) in [5, 5.41) is 6.70. The molecule has 162 valence electrons. The van der Waals surface area contributed by atoms with Crippen molar-refractivity contribution >= 4 is 28.8 Å². The topological polar surface area (TPSA) is 102 Å². The summed E-state index contributed by atoms with van der Waals surface area (Å²) >= 11 is 1.49. The van der Waals surface area contributed by atoms with E-state index in [4.69, 9.17) is 5.73 Å². The van der Waals surface area contributed by atoms with Crippen LogP contribution >= 0.6 is 11.3 Å². The van der Waals surface area contributed by atoms with Gasteiger partial charge in [-0.2, -0.15) is 11.3 Å². The van der Waals surface area contributed by atoms with Crippen molar-refractivity contribution in [1.82, 2.24) is 19.7 Å². The Labute approximate surface area is 193 Å². The first-order valence-corrected chi connectivity index (χ1v) is 11.2. The highest BCUT2D eigenvalue weighted by molar-refractivity contribution is 7.08. The molecule has 7 nitrogen and oxygen atoms in total. The number of thiophene rings is 1. The summed E-state index contributed by atoms with van der Waals surface area (Å²) in [5.74, 6) is -0.906. The van der Waals surface area contributed by atoms with E-state index in [2.05, 4.69) is 15.3 Å². The number of primary amides is 1. The molecule has 5 rings (SSSR count). The van der Waals surface area contributed by atoms with Gasteiger partial charge in [0.25, 0.3) is 11.8 Å². The Kier molecular flexibility index (Phi) is 5.42. The third kappa shape index (κ3) is 3.99. The first kappa shape index (κ1) is 20.6. The Balaban J connectivity index is 1.40. The highest BCUT2D eigenvalue weighted by Crippen LogP contribution is 2.27. The van der Waals surface area contributed by atoms with Gasteiger partial charge >= 0.3 is 0 Å². The lowest BCUT2D eigenvalue weighted by atomic mass is 10.1. The van der Waals surface area contributed by atoms with E-state index in [-0.39, 0.29) is 11.6 Å². The fraction of sp³-hybridized carbons (Fsp3) is 0.0400. The second-order valence-corrected chi connectivity index (χ2v) is 8.18. The number of fused-ring (bicyclic) bond motifs is 1. The number of amides is 2. The Hall–Kier alpha value is -4.30. The van der Waals surface area contributed by atoms with E-state index < -0.39 is 5.91 Å². The number of benzene rings is 1. The Morgan fingerprint density at radius 2 is 1.85 bits per heavy atom. The van der Waals surface area contributed by atoms with Gasteiger partial charge in [-0.1, -0.05) is 36.4 Å². The quantitative estimate of drug-likeness (QED) is 0.403. The van der Waals surface area contributed by atoms with Crippen LogP contribution in [0.2, 0.25) is 0 Å². The van der Waals surface area contributed by atoms with Crippen LogP contribution in [0.25, 0.3) is 28.2 Å². The van der Waals surface area contributed by atoms with Crippen LogP contribution in [0.15, 0.2) is 83.8 Å². The van der Waals surface area contributed by atoms with Crippen molar-refractivity contribution in [2.75, 3.05) is 0 Å². The molecule has 0 spiro atoms. The van der Waals surface area contributed by atoms with Crippen LogP contribution in [0.3, 0.4) is 0 Å². The van der Waals surface area contributed by atoms with E-state index in [9.17, 15) is 9.59 Å². The lowest BCUT2D eigenvalue weighted by Gasteiger charge is -2.08. The molecule has 0 fully saturated rings. The van der Waals surface area contributed by atoms with Crippen LogP contribution in [0.4, 0.5) is 0 Å². The summed E-state index contributed by atoms with van der Waals surface area (Å²) in [6.07, 6.45) is 3.43. The number of hydrogen-bond acceptors (Lipinski definition) is 5. The number of carbonyl (C=O) groups is 2. The van der Waals surface area contributed by atoms with E-state index >= 15 is 0 Å². The molecule has 0 aliphatic carbocycles. The fourth-order valence-electron chi connectivity index (χ4n) is 3.67. The minimum absolute atomic E-state index is 0.249. The molecule has 0 radical (unpaired) electrons. The monoisotopic (exact) mass is 453 g/mol. The molecule has 0 unspecified atom stereocenters. The SMILES string of the molecule is NC(=O)c1c(-c2ccsc2)nc2c(C(=O)NCc3ccc(-c4ccccc4)nc3)cccn12. The Morgan fingerprint density at radius 1 is 1.00 bits per heavy atom. The van der Waals surface area contributed by atoms with Crippen LogP contribution in [-0.4, -0.2) is 26.2 Å². The predicted molar refractivity (Wildman–Crippen MR) is 128 cm³/mol. The Bertz CT molecular complexity index is 1440. The van der Waals surface area contributed by atoms with Crippen LogP contribution in [-0.2, 0) is 6.54 Å². The second kappa shape index (κ2) is 8.68. The smallest absolute Gasteiger partial charge is 0.268 e. The molecule has 8 heteroatoms. The number of hydrogen-bond donors (Lipinski definition) is 2. The molecule has 2 amide bonds. The van der Waals surface area contributed by atoms with Gasteiger partial charge in [-0.05, 0) is 35.2 Å². The summed E-state index contributed by atoms with van der Waals surface area (Å²) in [5.41, 5.74) is 10.6. The summed E-state index contributed by atoms with van der Waals surface area (Å²) in [6.45, 7) is 0.308. The second-order valence-electron chi connectivity index (χ2n) is 7.40. The summed E-state index contributed by atoms with van der Waals surface area (Å²) < 4.78 is 1.57. The molecule has 0 saturated carbocycles. The first-order valence-electron chi connectivity index (χ1n) is 10.2. The van der Waals surface area contributed by atoms with Crippen molar-refractivity contribution in [2.45, 2.75) is 6.54 Å². The van der Waals surface area contributed by atoms with Gasteiger partial charge < -0.3 is 11.1 Å². The number of carbonyl (C=O) groups excluding carboxylic acids is 2. The van der Waals surface area contributed by atoms with Crippen molar-refractivity contribution in [1.29, 1.82) is 0 Å². The average Bonchev–Trinajstić information content (AvgIpc) is 3.51. The van der Waals surface area contributed by atoms with Crippen LogP contribution < -0.4 is 11.1 Å². The molecule has 4 heterocycles. The zero-order valence-electron chi connectivity index (χ0n) is 17.4. The normalized spacial score (nSPS) is 10.9. The summed E-state index contributed by atoms with van der Waals surface area (Å²) in [7, 11) is 0. The van der Waals surface area contributed by atoms with Gasteiger partial charge in [0.05, 0.1) is 11.3 Å². The maximum atomic E-state index is 13.0. The third-order valence-electron chi connectivity index (χ3n) is 5.27. The number of imidazole rings is 1. The van der Waals surface area contributed by atoms with E-state index in [1.165, 1.54) is 11.3 Å². The molecular weight excluding hydrogens is 434 g/mol. The van der Waals surface area contributed by atoms with Crippen LogP contribution in [0.1, 0.15) is 26.4 Å². The van der Waals surface area contributed by atoms with Gasteiger partial charge in [0.2, 0.25) is 0 Å². The van der Waals surface area contributed by atoms with Gasteiger partial charge in [-0.3, -0.25) is 19.0 Å². The number of pyridine rings is 2. The van der Waals surface area contributed by atoms with E-state index in [0.717, 1.165) is 22.4 Å². The van der Waals surface area contributed by atoms with Crippen molar-refractivity contribution in [3.8, 4) is 22.5 Å². The predicted octanol–water partition coefficient (Wildman–Crippen LogP) is 4.15. The molecule has 4 aromatic heterocycles. The van der Waals surface area contributed by atoms with Crippen molar-refractivity contribution < 1.29 is 9.59 Å². The molecule has 0 aliphatic heterocycles. The minimum atomic E-state index is -0.606. The minimum Gasteiger partial charge on any atom is -0.364 e. The highest BCUT2D eigenvalue weighted by atomic mass is 32.1. The van der Waals surface area contributed by atoms with Gasteiger partial charge in [0, 0.05) is 35.4 Å². The molecule has 0 atom stereocenters. The van der Waals surface area contributed by atoms with E-state index in [1.807, 2.05) is 59.3 Å². The molecule has 0 aliphatic rings. The maximum absolute atomic E-state index is 13.0. The van der Waals surface area contributed by atoms with Gasteiger partial charge in [0.1, 0.15) is 11.4 Å². The highest BCUT2D eigenvalue weighted by Gasteiger charge is 2.22. The standard InChI is InChI=1S/C25H19N5O2S/c26-23(31)22-21(18-10-12-33-15-18)29-24-19(7-4-11-30(22)24)25(32)28-14-16-8-9-20(27-13-16)17-5-2-1-3-6-17/h1-13,15H,14H2,(H2,26,31)(H,28,32). The van der Waals surface area contributed by atoms with Gasteiger partial charge in [-0.25, -0.2) is 4.98 Å².